The van der Waals surface area contributed by atoms with Crippen molar-refractivity contribution in [3.8, 4) is 0 Å². The van der Waals surface area contributed by atoms with Crippen molar-refractivity contribution >= 4 is 17.8 Å². The molecule has 0 N–H and O–H groups in total. The maximum Gasteiger partial charge on any atom is 0.272 e. The van der Waals surface area contributed by atoms with E-state index in [4.69, 9.17) is 9.47 Å². The molecule has 9 heteroatoms. The molecule has 9 nitrogen and oxygen atoms in total. The second kappa shape index (κ2) is 7.63. The quantitative estimate of drug-likeness (QED) is 0.725. The summed E-state index contributed by atoms with van der Waals surface area (Å²) >= 11 is 0. The van der Waals surface area contributed by atoms with Crippen molar-refractivity contribution in [3.63, 3.8) is 0 Å². The van der Waals surface area contributed by atoms with Gasteiger partial charge in [0.15, 0.2) is 5.79 Å². The van der Waals surface area contributed by atoms with Crippen molar-refractivity contribution in [3.05, 3.63) is 17.5 Å². The third-order valence-electron chi connectivity index (χ3n) is 5.70. The summed E-state index contributed by atoms with van der Waals surface area (Å²) < 4.78 is 11.6. The number of aryl methyl sites for hydroxylation is 1. The van der Waals surface area contributed by atoms with Gasteiger partial charge in [-0.3, -0.25) is 9.59 Å². The average Bonchev–Trinajstić information content (AvgIpc) is 3.15. The lowest BCUT2D eigenvalue weighted by molar-refractivity contribution is -0.169. The summed E-state index contributed by atoms with van der Waals surface area (Å²) in [5.41, 5.74) is 1.18. The van der Waals surface area contributed by atoms with Crippen molar-refractivity contribution in [2.24, 2.45) is 0 Å². The van der Waals surface area contributed by atoms with Crippen LogP contribution in [0.15, 0.2) is 6.07 Å². The molecule has 4 rings (SSSR count). The Morgan fingerprint density at radius 3 is 2.18 bits per heavy atom. The van der Waals surface area contributed by atoms with E-state index in [0.29, 0.717) is 51.0 Å². The maximum absolute atomic E-state index is 12.9. The highest BCUT2D eigenvalue weighted by molar-refractivity contribution is 5.93. The number of amides is 2. The summed E-state index contributed by atoms with van der Waals surface area (Å²) in [4.78, 5) is 39.1. The smallest absolute Gasteiger partial charge is 0.272 e. The zero-order valence-electron chi connectivity index (χ0n) is 16.5. The molecule has 152 valence electrons. The van der Waals surface area contributed by atoms with Crippen molar-refractivity contribution in [2.75, 3.05) is 57.4 Å². The molecular weight excluding hydrogens is 362 g/mol. The number of piperidine rings is 1. The molecule has 1 spiro atoms. The molecule has 1 aromatic rings. The SMILES string of the molecule is CC(=O)N1CCN(C(=O)c2cc(C)nc(N3CCC4(CC3)OCCO4)n2)CC1. The monoisotopic (exact) mass is 389 g/mol. The molecule has 3 aliphatic rings. The van der Waals surface area contributed by atoms with E-state index in [1.165, 1.54) is 0 Å². The minimum absolute atomic E-state index is 0.0466. The number of piperazine rings is 1. The molecule has 0 bridgehead atoms. The van der Waals surface area contributed by atoms with Crippen LogP contribution in [0.4, 0.5) is 5.95 Å². The van der Waals surface area contributed by atoms with Crippen LogP contribution in [-0.2, 0) is 14.3 Å². The van der Waals surface area contributed by atoms with E-state index in [9.17, 15) is 9.59 Å². The van der Waals surface area contributed by atoms with Crippen molar-refractivity contribution < 1.29 is 19.1 Å². The lowest BCUT2D eigenvalue weighted by atomic mass is 10.0. The van der Waals surface area contributed by atoms with Crippen molar-refractivity contribution in [1.29, 1.82) is 0 Å². The second-order valence-electron chi connectivity index (χ2n) is 7.59. The summed E-state index contributed by atoms with van der Waals surface area (Å²) in [5.74, 6) is 0.0739. The lowest BCUT2D eigenvalue weighted by Gasteiger charge is -2.37. The molecule has 0 aromatic carbocycles. The average molecular weight is 389 g/mol. The topological polar surface area (TPSA) is 88.1 Å². The molecule has 3 aliphatic heterocycles. The summed E-state index contributed by atoms with van der Waals surface area (Å²) in [6, 6.07) is 1.73. The van der Waals surface area contributed by atoms with E-state index in [1.54, 1.807) is 22.8 Å². The highest BCUT2D eigenvalue weighted by atomic mass is 16.7. The summed E-state index contributed by atoms with van der Waals surface area (Å²) in [6.45, 7) is 8.37. The van der Waals surface area contributed by atoms with Gasteiger partial charge in [-0.1, -0.05) is 0 Å². The van der Waals surface area contributed by atoms with Crippen LogP contribution >= 0.6 is 0 Å². The Morgan fingerprint density at radius 1 is 0.964 bits per heavy atom. The van der Waals surface area contributed by atoms with Gasteiger partial charge in [0.1, 0.15) is 5.69 Å². The van der Waals surface area contributed by atoms with Gasteiger partial charge < -0.3 is 24.2 Å². The van der Waals surface area contributed by atoms with E-state index >= 15 is 0 Å². The second-order valence-corrected chi connectivity index (χ2v) is 7.59. The van der Waals surface area contributed by atoms with Crippen LogP contribution in [0.2, 0.25) is 0 Å². The molecule has 2 amide bonds. The molecule has 0 radical (unpaired) electrons. The number of nitrogens with zero attached hydrogens (tertiary/aromatic N) is 5. The van der Waals surface area contributed by atoms with Gasteiger partial charge in [-0.05, 0) is 13.0 Å². The first kappa shape index (κ1) is 19.1. The number of carbonyl (C=O) groups excluding carboxylic acids is 2. The molecule has 4 heterocycles. The first-order valence-electron chi connectivity index (χ1n) is 9.89. The molecule has 0 saturated carbocycles. The molecule has 0 atom stereocenters. The molecule has 28 heavy (non-hydrogen) atoms. The maximum atomic E-state index is 12.9. The van der Waals surface area contributed by atoms with E-state index in [1.807, 2.05) is 6.92 Å². The van der Waals surface area contributed by atoms with Crippen LogP contribution in [0, 0.1) is 6.92 Å². The zero-order valence-corrected chi connectivity index (χ0v) is 16.5. The number of carbonyl (C=O) groups is 2. The normalized spacial score (nSPS) is 22.0. The number of ether oxygens (including phenoxy) is 2. The van der Waals surface area contributed by atoms with E-state index in [-0.39, 0.29) is 11.8 Å². The van der Waals surface area contributed by atoms with Crippen LogP contribution in [0.1, 0.15) is 35.9 Å². The minimum Gasteiger partial charge on any atom is -0.347 e. The molecule has 0 unspecified atom stereocenters. The molecule has 3 saturated heterocycles. The molecule has 1 aromatic heterocycles. The highest BCUT2D eigenvalue weighted by Crippen LogP contribution is 2.32. The van der Waals surface area contributed by atoms with Gasteiger partial charge in [-0.25, -0.2) is 9.97 Å². The highest BCUT2D eigenvalue weighted by Gasteiger charge is 2.40. The standard InChI is InChI=1S/C19H27N5O4/c1-14-13-16(17(26)23-9-7-22(8-10-23)15(2)25)21-18(20-14)24-5-3-19(4-6-24)27-11-12-28-19/h13H,3-12H2,1-2H3. The lowest BCUT2D eigenvalue weighted by Crippen LogP contribution is -2.50. The number of anilines is 1. The Bertz CT molecular complexity index is 747. The Hall–Kier alpha value is -2.26. The van der Waals surface area contributed by atoms with E-state index in [0.717, 1.165) is 31.6 Å². The van der Waals surface area contributed by atoms with Gasteiger partial charge in [0.05, 0.1) is 13.2 Å². The summed E-state index contributed by atoms with van der Waals surface area (Å²) in [5, 5.41) is 0. The molecule has 0 aliphatic carbocycles. The number of rotatable bonds is 2. The molecular formula is C19H27N5O4. The Balaban J connectivity index is 1.44. The predicted molar refractivity (Wildman–Crippen MR) is 101 cm³/mol. The largest absolute Gasteiger partial charge is 0.347 e. The first-order chi connectivity index (χ1) is 13.5. The van der Waals surface area contributed by atoms with Gasteiger partial charge in [0, 0.05) is 64.7 Å². The van der Waals surface area contributed by atoms with Gasteiger partial charge in [-0.2, -0.15) is 0 Å². The van der Waals surface area contributed by atoms with Crippen molar-refractivity contribution in [2.45, 2.75) is 32.5 Å². The first-order valence-corrected chi connectivity index (χ1v) is 9.89. The predicted octanol–water partition coefficient (Wildman–Crippen LogP) is 0.433. The van der Waals surface area contributed by atoms with E-state index < -0.39 is 5.79 Å². The van der Waals surface area contributed by atoms with Gasteiger partial charge in [0.25, 0.3) is 5.91 Å². The fourth-order valence-corrected chi connectivity index (χ4v) is 4.02. The Labute approximate surface area is 164 Å². The van der Waals surface area contributed by atoms with Gasteiger partial charge >= 0.3 is 0 Å². The number of aromatic nitrogens is 2. The Morgan fingerprint density at radius 2 is 1.57 bits per heavy atom. The van der Waals surface area contributed by atoms with E-state index in [2.05, 4.69) is 14.9 Å². The number of hydrogen-bond donors (Lipinski definition) is 0. The summed E-state index contributed by atoms with van der Waals surface area (Å²) in [7, 11) is 0. The van der Waals surface area contributed by atoms with Crippen LogP contribution in [0.25, 0.3) is 0 Å². The van der Waals surface area contributed by atoms with Gasteiger partial charge in [-0.15, -0.1) is 0 Å². The van der Waals surface area contributed by atoms with Crippen LogP contribution in [0.3, 0.4) is 0 Å². The minimum atomic E-state index is -0.449. The zero-order chi connectivity index (χ0) is 19.7. The fourth-order valence-electron chi connectivity index (χ4n) is 4.02. The fraction of sp³-hybridized carbons (Fsp3) is 0.684. The van der Waals surface area contributed by atoms with Crippen LogP contribution in [-0.4, -0.2) is 89.9 Å². The third kappa shape index (κ3) is 3.81. The van der Waals surface area contributed by atoms with Crippen molar-refractivity contribution in [1.82, 2.24) is 19.8 Å². The van der Waals surface area contributed by atoms with Gasteiger partial charge in [0.2, 0.25) is 11.9 Å². The van der Waals surface area contributed by atoms with Crippen LogP contribution < -0.4 is 4.90 Å². The number of hydrogen-bond acceptors (Lipinski definition) is 7. The molecule has 3 fully saturated rings. The van der Waals surface area contributed by atoms with Crippen LogP contribution in [0.5, 0.6) is 0 Å². The Kier molecular flexibility index (Phi) is 5.20. The summed E-state index contributed by atoms with van der Waals surface area (Å²) in [6.07, 6.45) is 1.53. The third-order valence-corrected chi connectivity index (χ3v) is 5.70.